The highest BCUT2D eigenvalue weighted by Crippen LogP contribution is 2.26. The van der Waals surface area contributed by atoms with Crippen LogP contribution in [-0.4, -0.2) is 73.7 Å². The Morgan fingerprint density at radius 3 is 2.69 bits per heavy atom. The van der Waals surface area contributed by atoms with E-state index < -0.39 is 16.1 Å². The van der Waals surface area contributed by atoms with Crippen molar-refractivity contribution in [2.24, 2.45) is 0 Å². The third-order valence-corrected chi connectivity index (χ3v) is 4.97. The molecule has 10 heteroatoms. The molecule has 0 unspecified atom stereocenters. The van der Waals surface area contributed by atoms with E-state index in [0.717, 1.165) is 6.26 Å². The van der Waals surface area contributed by atoms with Crippen LogP contribution in [0.15, 0.2) is 18.2 Å². The number of rotatable bonds is 5. The Labute approximate surface area is 152 Å². The van der Waals surface area contributed by atoms with Gasteiger partial charge in [0, 0.05) is 31.9 Å². The van der Waals surface area contributed by atoms with E-state index in [4.69, 9.17) is 14.2 Å². The van der Waals surface area contributed by atoms with E-state index in [1.165, 1.54) is 6.07 Å². The second-order valence-corrected chi connectivity index (χ2v) is 8.15. The van der Waals surface area contributed by atoms with Crippen molar-refractivity contribution in [2.75, 3.05) is 69.0 Å². The van der Waals surface area contributed by atoms with Gasteiger partial charge in [0.15, 0.2) is 0 Å². The van der Waals surface area contributed by atoms with Gasteiger partial charge < -0.3 is 24.0 Å². The summed E-state index contributed by atoms with van der Waals surface area (Å²) in [5, 5.41) is 0. The summed E-state index contributed by atoms with van der Waals surface area (Å²) < 4.78 is 55.8. The number of sulfonamides is 1. The average Bonchev–Trinajstić information content (AvgIpc) is 2.86. The van der Waals surface area contributed by atoms with Crippen LogP contribution in [0.2, 0.25) is 0 Å². The van der Waals surface area contributed by atoms with Gasteiger partial charge in [-0.3, -0.25) is 0 Å². The summed E-state index contributed by atoms with van der Waals surface area (Å²) in [5.74, 6) is -0.305. The molecule has 1 aromatic rings. The summed E-state index contributed by atoms with van der Waals surface area (Å²) in [6.07, 6.45) is 0.701. The van der Waals surface area contributed by atoms with E-state index in [0.29, 0.717) is 44.2 Å². The van der Waals surface area contributed by atoms with E-state index in [1.807, 2.05) is 15.9 Å². The molecule has 2 heterocycles. The standard InChI is InChI=1S/C16H24FN3O5S/c1-26(21,22)18-9-14-10-20(11-24-12-25-14)13-2-3-16(15(17)8-13)19-4-6-23-7-5-19/h2-3,8,14,18H,4-7,9-12H2,1H3/t14-/m0/s1. The molecule has 2 aliphatic heterocycles. The number of anilines is 2. The van der Waals surface area contributed by atoms with Crippen molar-refractivity contribution in [2.45, 2.75) is 6.10 Å². The lowest BCUT2D eigenvalue weighted by Crippen LogP contribution is -2.40. The molecule has 0 saturated carbocycles. The van der Waals surface area contributed by atoms with E-state index in [1.54, 1.807) is 6.07 Å². The van der Waals surface area contributed by atoms with Crippen LogP contribution in [0.1, 0.15) is 0 Å². The largest absolute Gasteiger partial charge is 0.378 e. The lowest BCUT2D eigenvalue weighted by molar-refractivity contribution is -0.0624. The maximum Gasteiger partial charge on any atom is 0.208 e. The molecule has 1 N–H and O–H groups in total. The first-order valence-electron chi connectivity index (χ1n) is 8.43. The van der Waals surface area contributed by atoms with E-state index >= 15 is 0 Å². The van der Waals surface area contributed by atoms with E-state index in [9.17, 15) is 12.8 Å². The van der Waals surface area contributed by atoms with Gasteiger partial charge in [0.1, 0.15) is 19.3 Å². The molecule has 0 amide bonds. The van der Waals surface area contributed by atoms with Crippen LogP contribution in [0.4, 0.5) is 15.8 Å². The minimum Gasteiger partial charge on any atom is -0.378 e. The molecule has 0 bridgehead atoms. The molecule has 1 atom stereocenters. The van der Waals surface area contributed by atoms with Gasteiger partial charge in [-0.1, -0.05) is 0 Å². The summed E-state index contributed by atoms with van der Waals surface area (Å²) in [7, 11) is -3.31. The van der Waals surface area contributed by atoms with Crippen LogP contribution in [0, 0.1) is 5.82 Å². The van der Waals surface area contributed by atoms with Gasteiger partial charge in [0.2, 0.25) is 10.0 Å². The second kappa shape index (κ2) is 8.49. The maximum absolute atomic E-state index is 14.6. The molecule has 2 aliphatic rings. The minimum absolute atomic E-state index is 0.0565. The molecule has 3 rings (SSSR count). The number of benzene rings is 1. The Morgan fingerprint density at radius 2 is 2.00 bits per heavy atom. The van der Waals surface area contributed by atoms with Gasteiger partial charge in [0.05, 0.1) is 31.3 Å². The summed E-state index contributed by atoms with van der Waals surface area (Å²) in [5.41, 5.74) is 1.22. The zero-order valence-corrected chi connectivity index (χ0v) is 15.5. The Balaban J connectivity index is 1.69. The first-order valence-corrected chi connectivity index (χ1v) is 10.3. The zero-order valence-electron chi connectivity index (χ0n) is 14.7. The molecule has 0 aliphatic carbocycles. The maximum atomic E-state index is 14.6. The van der Waals surface area contributed by atoms with Crippen molar-refractivity contribution < 1.29 is 27.0 Å². The zero-order chi connectivity index (χ0) is 18.6. The summed E-state index contributed by atoms with van der Waals surface area (Å²) in [6, 6.07) is 5.07. The molecular formula is C16H24FN3O5S. The third kappa shape index (κ3) is 5.27. The Bertz CT molecular complexity index is 712. The second-order valence-electron chi connectivity index (χ2n) is 6.32. The van der Waals surface area contributed by atoms with Crippen molar-refractivity contribution in [3.05, 3.63) is 24.0 Å². The molecule has 0 aromatic heterocycles. The van der Waals surface area contributed by atoms with Crippen LogP contribution in [0.3, 0.4) is 0 Å². The van der Waals surface area contributed by atoms with Crippen LogP contribution >= 0.6 is 0 Å². The first-order chi connectivity index (χ1) is 12.4. The van der Waals surface area contributed by atoms with Crippen LogP contribution < -0.4 is 14.5 Å². The summed E-state index contributed by atoms with van der Waals surface area (Å²) >= 11 is 0. The topological polar surface area (TPSA) is 80.3 Å². The number of hydrogen-bond acceptors (Lipinski definition) is 7. The average molecular weight is 389 g/mol. The van der Waals surface area contributed by atoms with E-state index in [-0.39, 0.29) is 25.9 Å². The molecule has 0 radical (unpaired) electrons. The highest BCUT2D eigenvalue weighted by Gasteiger charge is 2.22. The van der Waals surface area contributed by atoms with Gasteiger partial charge in [-0.25, -0.2) is 17.5 Å². The highest BCUT2D eigenvalue weighted by atomic mass is 32.2. The molecular weight excluding hydrogens is 365 g/mol. The van der Waals surface area contributed by atoms with Crippen LogP contribution in [0.5, 0.6) is 0 Å². The SMILES string of the molecule is CS(=O)(=O)NC[C@H]1CN(c2ccc(N3CCOCC3)c(F)c2)COCO1. The number of ether oxygens (including phenoxy) is 3. The Morgan fingerprint density at radius 1 is 1.23 bits per heavy atom. The molecule has 2 fully saturated rings. The molecule has 2 saturated heterocycles. The van der Waals surface area contributed by atoms with Crippen molar-refractivity contribution in [1.82, 2.24) is 4.72 Å². The van der Waals surface area contributed by atoms with Crippen molar-refractivity contribution in [3.8, 4) is 0 Å². The first kappa shape index (κ1) is 19.3. The molecule has 1 aromatic carbocycles. The van der Waals surface area contributed by atoms with Crippen molar-refractivity contribution >= 4 is 21.4 Å². The number of nitrogens with zero attached hydrogens (tertiary/aromatic N) is 2. The molecule has 0 spiro atoms. The van der Waals surface area contributed by atoms with Crippen molar-refractivity contribution in [3.63, 3.8) is 0 Å². The van der Waals surface area contributed by atoms with E-state index in [2.05, 4.69) is 4.72 Å². The summed E-state index contributed by atoms with van der Waals surface area (Å²) in [6.45, 7) is 3.33. The quantitative estimate of drug-likeness (QED) is 0.778. The normalized spacial score (nSPS) is 22.3. The van der Waals surface area contributed by atoms with Gasteiger partial charge in [-0.15, -0.1) is 0 Å². The third-order valence-electron chi connectivity index (χ3n) is 4.28. The predicted molar refractivity (Wildman–Crippen MR) is 95.3 cm³/mol. The van der Waals surface area contributed by atoms with Gasteiger partial charge in [-0.2, -0.15) is 0 Å². The fraction of sp³-hybridized carbons (Fsp3) is 0.625. The number of morpholine rings is 1. The van der Waals surface area contributed by atoms with Gasteiger partial charge in [0.25, 0.3) is 0 Å². The fourth-order valence-corrected chi connectivity index (χ4v) is 3.43. The van der Waals surface area contributed by atoms with Gasteiger partial charge in [-0.05, 0) is 18.2 Å². The smallest absolute Gasteiger partial charge is 0.208 e. The Hall–Kier alpha value is -1.46. The minimum atomic E-state index is -3.31. The van der Waals surface area contributed by atoms with Crippen LogP contribution in [-0.2, 0) is 24.2 Å². The fourth-order valence-electron chi connectivity index (χ4n) is 2.94. The van der Waals surface area contributed by atoms with Crippen LogP contribution in [0.25, 0.3) is 0 Å². The lowest BCUT2D eigenvalue weighted by Gasteiger charge is -2.30. The number of nitrogens with one attached hydrogen (secondary N) is 1. The Kier molecular flexibility index (Phi) is 6.30. The number of hydrogen-bond donors (Lipinski definition) is 1. The van der Waals surface area contributed by atoms with Gasteiger partial charge >= 0.3 is 0 Å². The molecule has 146 valence electrons. The molecule has 26 heavy (non-hydrogen) atoms. The van der Waals surface area contributed by atoms with Crippen molar-refractivity contribution in [1.29, 1.82) is 0 Å². The predicted octanol–water partition coefficient (Wildman–Crippen LogP) is 0.348. The number of halogens is 1. The highest BCUT2D eigenvalue weighted by molar-refractivity contribution is 7.88. The lowest BCUT2D eigenvalue weighted by atomic mass is 10.2. The summed E-state index contributed by atoms with van der Waals surface area (Å²) in [4.78, 5) is 3.79. The molecule has 8 nitrogen and oxygen atoms in total. The monoisotopic (exact) mass is 389 g/mol.